The smallest absolute Gasteiger partial charge is 0.0920 e. The zero-order chi connectivity index (χ0) is 9.42. The fourth-order valence-corrected chi connectivity index (χ4v) is 1.95. The molecule has 1 aliphatic heterocycles. The first-order valence-corrected chi connectivity index (χ1v) is 4.63. The molecule has 70 valence electrons. The van der Waals surface area contributed by atoms with Gasteiger partial charge in [0.2, 0.25) is 0 Å². The van der Waals surface area contributed by atoms with E-state index < -0.39 is 0 Å². The number of likely N-dealkylation sites (N-methyl/N-ethyl adjacent to an activating group) is 1. The van der Waals surface area contributed by atoms with Crippen LogP contribution in [0.2, 0.25) is 0 Å². The molecule has 0 amide bonds. The average Bonchev–Trinajstić information content (AvgIpc) is 2.02. The highest BCUT2D eigenvalue weighted by Gasteiger charge is 2.20. The van der Waals surface area contributed by atoms with E-state index in [0.717, 1.165) is 18.7 Å². The van der Waals surface area contributed by atoms with E-state index in [1.165, 1.54) is 11.1 Å². The van der Waals surface area contributed by atoms with Gasteiger partial charge in [0.15, 0.2) is 0 Å². The van der Waals surface area contributed by atoms with Gasteiger partial charge in [-0.3, -0.25) is 4.90 Å². The van der Waals surface area contributed by atoms with Gasteiger partial charge in [0.05, 0.1) is 6.10 Å². The molecule has 2 nitrogen and oxygen atoms in total. The zero-order valence-electron chi connectivity index (χ0n) is 8.12. The molecule has 1 unspecified atom stereocenters. The maximum Gasteiger partial charge on any atom is 0.0920 e. The minimum Gasteiger partial charge on any atom is -0.387 e. The van der Waals surface area contributed by atoms with Crippen molar-refractivity contribution in [3.05, 3.63) is 34.9 Å². The van der Waals surface area contributed by atoms with Crippen molar-refractivity contribution in [1.29, 1.82) is 0 Å². The SMILES string of the molecule is Cc1ccc2c(c1)CN(C)CC2O. The van der Waals surface area contributed by atoms with Gasteiger partial charge in [0, 0.05) is 13.1 Å². The van der Waals surface area contributed by atoms with Crippen LogP contribution < -0.4 is 0 Å². The van der Waals surface area contributed by atoms with Crippen LogP contribution in [0.1, 0.15) is 22.8 Å². The first kappa shape index (κ1) is 8.73. The first-order valence-electron chi connectivity index (χ1n) is 4.63. The van der Waals surface area contributed by atoms with Crippen molar-refractivity contribution < 1.29 is 5.11 Å². The predicted molar refractivity (Wildman–Crippen MR) is 52.5 cm³/mol. The van der Waals surface area contributed by atoms with Crippen LogP contribution in [0.5, 0.6) is 0 Å². The number of fused-ring (bicyclic) bond motifs is 1. The molecular formula is C11H15NO. The van der Waals surface area contributed by atoms with Crippen molar-refractivity contribution in [3.63, 3.8) is 0 Å². The molecule has 2 heteroatoms. The van der Waals surface area contributed by atoms with Crippen LogP contribution in [0, 0.1) is 6.92 Å². The Kier molecular flexibility index (Phi) is 2.10. The molecule has 0 fully saturated rings. The van der Waals surface area contributed by atoms with E-state index >= 15 is 0 Å². The number of aryl methyl sites for hydroxylation is 1. The molecule has 1 aromatic rings. The van der Waals surface area contributed by atoms with Crippen LogP contribution in [0.25, 0.3) is 0 Å². The third-order valence-corrected chi connectivity index (χ3v) is 2.58. The lowest BCUT2D eigenvalue weighted by atomic mass is 9.96. The molecular weight excluding hydrogens is 162 g/mol. The highest BCUT2D eigenvalue weighted by atomic mass is 16.3. The second-order valence-corrected chi connectivity index (χ2v) is 3.91. The largest absolute Gasteiger partial charge is 0.387 e. The summed E-state index contributed by atoms with van der Waals surface area (Å²) in [6.45, 7) is 3.78. The van der Waals surface area contributed by atoms with Crippen LogP contribution in [-0.2, 0) is 6.54 Å². The number of hydrogen-bond acceptors (Lipinski definition) is 2. The molecule has 0 radical (unpaired) electrons. The maximum absolute atomic E-state index is 9.78. The molecule has 0 aromatic heterocycles. The fourth-order valence-electron chi connectivity index (χ4n) is 1.95. The van der Waals surface area contributed by atoms with Gasteiger partial charge >= 0.3 is 0 Å². The van der Waals surface area contributed by atoms with Gasteiger partial charge in [-0.15, -0.1) is 0 Å². The van der Waals surface area contributed by atoms with E-state index in [4.69, 9.17) is 0 Å². The van der Waals surface area contributed by atoms with Gasteiger partial charge in [-0.1, -0.05) is 23.8 Å². The van der Waals surface area contributed by atoms with Crippen LogP contribution >= 0.6 is 0 Å². The Hall–Kier alpha value is -0.860. The Labute approximate surface area is 78.8 Å². The zero-order valence-corrected chi connectivity index (χ0v) is 8.12. The predicted octanol–water partition coefficient (Wildman–Crippen LogP) is 1.47. The summed E-state index contributed by atoms with van der Waals surface area (Å²) in [7, 11) is 2.04. The lowest BCUT2D eigenvalue weighted by molar-refractivity contribution is 0.108. The third-order valence-electron chi connectivity index (χ3n) is 2.58. The van der Waals surface area contributed by atoms with E-state index in [-0.39, 0.29) is 6.10 Å². The lowest BCUT2D eigenvalue weighted by Crippen LogP contribution is -2.30. The maximum atomic E-state index is 9.78. The lowest BCUT2D eigenvalue weighted by Gasteiger charge is -2.29. The molecule has 0 aliphatic carbocycles. The van der Waals surface area contributed by atoms with Crippen molar-refractivity contribution in [1.82, 2.24) is 4.90 Å². The Morgan fingerprint density at radius 3 is 3.00 bits per heavy atom. The number of aliphatic hydroxyl groups excluding tert-OH is 1. The highest BCUT2D eigenvalue weighted by Crippen LogP contribution is 2.25. The van der Waals surface area contributed by atoms with E-state index in [2.05, 4.69) is 24.0 Å². The standard InChI is InChI=1S/C11H15NO/c1-8-3-4-10-9(5-8)6-12(2)7-11(10)13/h3-5,11,13H,6-7H2,1-2H3. The van der Waals surface area contributed by atoms with Crippen LogP contribution in [0.15, 0.2) is 18.2 Å². The number of benzene rings is 1. The van der Waals surface area contributed by atoms with Crippen molar-refractivity contribution in [2.45, 2.75) is 19.6 Å². The summed E-state index contributed by atoms with van der Waals surface area (Å²) in [6.07, 6.45) is -0.311. The molecule has 1 aromatic carbocycles. The van der Waals surface area contributed by atoms with Crippen molar-refractivity contribution >= 4 is 0 Å². The Bertz CT molecular complexity index is 322. The summed E-state index contributed by atoms with van der Waals surface area (Å²) in [6, 6.07) is 6.27. The van der Waals surface area contributed by atoms with Gasteiger partial charge in [0.25, 0.3) is 0 Å². The van der Waals surface area contributed by atoms with E-state index in [1.807, 2.05) is 13.1 Å². The number of nitrogens with zero attached hydrogens (tertiary/aromatic N) is 1. The molecule has 0 saturated heterocycles. The quantitative estimate of drug-likeness (QED) is 0.648. The first-order chi connectivity index (χ1) is 6.16. The number of hydrogen-bond donors (Lipinski definition) is 1. The summed E-state index contributed by atoms with van der Waals surface area (Å²) in [5.74, 6) is 0. The summed E-state index contributed by atoms with van der Waals surface area (Å²) >= 11 is 0. The minimum absolute atomic E-state index is 0.311. The Morgan fingerprint density at radius 1 is 1.46 bits per heavy atom. The van der Waals surface area contributed by atoms with Gasteiger partial charge in [0.1, 0.15) is 0 Å². The molecule has 0 spiro atoms. The van der Waals surface area contributed by atoms with E-state index in [1.54, 1.807) is 0 Å². The van der Waals surface area contributed by atoms with Gasteiger partial charge in [-0.25, -0.2) is 0 Å². The highest BCUT2D eigenvalue weighted by molar-refractivity contribution is 5.34. The molecule has 2 rings (SSSR count). The summed E-state index contributed by atoms with van der Waals surface area (Å²) in [5, 5.41) is 9.78. The van der Waals surface area contributed by atoms with E-state index in [9.17, 15) is 5.11 Å². The molecule has 0 bridgehead atoms. The van der Waals surface area contributed by atoms with Crippen LogP contribution in [0.3, 0.4) is 0 Å². The molecule has 1 atom stereocenters. The van der Waals surface area contributed by atoms with Crippen LogP contribution in [0.4, 0.5) is 0 Å². The van der Waals surface area contributed by atoms with Gasteiger partial charge < -0.3 is 5.11 Å². The number of β-amino-alcohol motifs (C(OH)–C–C–N with tert-alkyl or cyclic N) is 1. The number of aliphatic hydroxyl groups is 1. The second kappa shape index (κ2) is 3.13. The summed E-state index contributed by atoms with van der Waals surface area (Å²) in [5.41, 5.74) is 3.63. The second-order valence-electron chi connectivity index (χ2n) is 3.91. The van der Waals surface area contributed by atoms with Gasteiger partial charge in [-0.05, 0) is 25.1 Å². The Morgan fingerprint density at radius 2 is 2.23 bits per heavy atom. The van der Waals surface area contributed by atoms with Crippen molar-refractivity contribution in [2.75, 3.05) is 13.6 Å². The molecule has 1 aliphatic rings. The van der Waals surface area contributed by atoms with Crippen molar-refractivity contribution in [2.24, 2.45) is 0 Å². The van der Waals surface area contributed by atoms with E-state index in [0.29, 0.717) is 0 Å². The molecule has 13 heavy (non-hydrogen) atoms. The normalized spacial score (nSPS) is 22.8. The monoisotopic (exact) mass is 177 g/mol. The average molecular weight is 177 g/mol. The van der Waals surface area contributed by atoms with Gasteiger partial charge in [-0.2, -0.15) is 0 Å². The molecule has 0 saturated carbocycles. The molecule has 1 heterocycles. The minimum atomic E-state index is -0.311. The topological polar surface area (TPSA) is 23.5 Å². The Balaban J connectivity index is 2.43. The third kappa shape index (κ3) is 1.60. The molecule has 1 N–H and O–H groups in total. The summed E-state index contributed by atoms with van der Waals surface area (Å²) < 4.78 is 0. The van der Waals surface area contributed by atoms with Crippen LogP contribution in [-0.4, -0.2) is 23.6 Å². The fraction of sp³-hybridized carbons (Fsp3) is 0.455. The number of rotatable bonds is 0. The van der Waals surface area contributed by atoms with Crippen molar-refractivity contribution in [3.8, 4) is 0 Å². The summed E-state index contributed by atoms with van der Waals surface area (Å²) in [4.78, 5) is 2.15.